The molecule has 16 heavy (non-hydrogen) atoms. The molecule has 0 fully saturated rings. The van der Waals surface area contributed by atoms with E-state index in [1.165, 1.54) is 5.56 Å². The number of aryl methyl sites for hydroxylation is 2. The minimum absolute atomic E-state index is 0.693. The fourth-order valence-electron chi connectivity index (χ4n) is 1.59. The van der Waals surface area contributed by atoms with Gasteiger partial charge in [0.25, 0.3) is 0 Å². The molecule has 0 atom stereocenters. The van der Waals surface area contributed by atoms with Gasteiger partial charge in [0.1, 0.15) is 5.75 Å². The Balaban J connectivity index is 2.96. The van der Waals surface area contributed by atoms with Crippen LogP contribution < -0.4 is 10.5 Å². The molecule has 1 aromatic rings. The maximum Gasteiger partial charge on any atom is 0.135 e. The summed E-state index contributed by atoms with van der Waals surface area (Å²) < 4.78 is 5.34. The molecule has 0 aromatic heterocycles. The van der Waals surface area contributed by atoms with E-state index in [2.05, 4.69) is 31.8 Å². The van der Waals surface area contributed by atoms with Crippen molar-refractivity contribution >= 4 is 0 Å². The highest BCUT2D eigenvalue weighted by molar-refractivity contribution is 5.52. The summed E-state index contributed by atoms with van der Waals surface area (Å²) in [6.45, 7) is 4.81. The summed E-state index contributed by atoms with van der Waals surface area (Å²) in [7, 11) is 1.68. The zero-order valence-corrected chi connectivity index (χ0v) is 10.3. The van der Waals surface area contributed by atoms with Crippen LogP contribution in [0, 0.1) is 25.7 Å². The van der Waals surface area contributed by atoms with Crippen LogP contribution in [-0.4, -0.2) is 13.7 Å². The number of methoxy groups -OCH3 is 1. The minimum atomic E-state index is 0.693. The Morgan fingerprint density at radius 1 is 1.31 bits per heavy atom. The van der Waals surface area contributed by atoms with Crippen LogP contribution in [0.3, 0.4) is 0 Å². The van der Waals surface area contributed by atoms with Crippen LogP contribution in [0.2, 0.25) is 0 Å². The lowest BCUT2D eigenvalue weighted by atomic mass is 10.0. The number of benzene rings is 1. The van der Waals surface area contributed by atoms with Gasteiger partial charge in [0.15, 0.2) is 0 Å². The van der Waals surface area contributed by atoms with Gasteiger partial charge in [-0.05, 0) is 44.0 Å². The predicted octanol–water partition coefficient (Wildman–Crippen LogP) is 2.40. The summed E-state index contributed by atoms with van der Waals surface area (Å²) in [6.07, 6.45) is 1.78. The van der Waals surface area contributed by atoms with Gasteiger partial charge >= 0.3 is 0 Å². The first-order valence-corrected chi connectivity index (χ1v) is 5.53. The monoisotopic (exact) mass is 217 g/mol. The maximum absolute atomic E-state index is 5.42. The Morgan fingerprint density at radius 3 is 2.69 bits per heavy atom. The van der Waals surface area contributed by atoms with Crippen molar-refractivity contribution in [2.24, 2.45) is 5.73 Å². The van der Waals surface area contributed by atoms with Gasteiger partial charge in [-0.3, -0.25) is 0 Å². The van der Waals surface area contributed by atoms with E-state index in [1.54, 1.807) is 7.11 Å². The van der Waals surface area contributed by atoms with Crippen LogP contribution in [0.5, 0.6) is 5.75 Å². The van der Waals surface area contributed by atoms with E-state index in [1.807, 2.05) is 6.07 Å². The highest BCUT2D eigenvalue weighted by atomic mass is 16.5. The summed E-state index contributed by atoms with van der Waals surface area (Å²) in [4.78, 5) is 0. The first-order valence-electron chi connectivity index (χ1n) is 5.53. The smallest absolute Gasteiger partial charge is 0.135 e. The van der Waals surface area contributed by atoms with E-state index in [9.17, 15) is 0 Å². The lowest BCUT2D eigenvalue weighted by Gasteiger charge is -2.07. The quantitative estimate of drug-likeness (QED) is 0.623. The normalized spacial score (nSPS) is 9.50. The first kappa shape index (κ1) is 12.6. The number of hydrogen-bond acceptors (Lipinski definition) is 2. The molecular formula is C14H19NO. The van der Waals surface area contributed by atoms with E-state index in [0.717, 1.165) is 29.7 Å². The molecule has 0 saturated carbocycles. The third-order valence-corrected chi connectivity index (χ3v) is 2.38. The number of unbranched alkanes of at least 4 members (excludes halogenated alkanes) is 1. The highest BCUT2D eigenvalue weighted by Gasteiger charge is 2.04. The Kier molecular flexibility index (Phi) is 4.88. The van der Waals surface area contributed by atoms with Gasteiger partial charge < -0.3 is 10.5 Å². The summed E-state index contributed by atoms with van der Waals surface area (Å²) in [5, 5.41) is 0. The second-order valence-electron chi connectivity index (χ2n) is 3.85. The summed E-state index contributed by atoms with van der Waals surface area (Å²) >= 11 is 0. The molecule has 0 aliphatic carbocycles. The van der Waals surface area contributed by atoms with Gasteiger partial charge in [-0.25, -0.2) is 0 Å². The Bertz CT molecular complexity index is 413. The average Bonchev–Trinajstić information content (AvgIpc) is 2.26. The van der Waals surface area contributed by atoms with Crippen molar-refractivity contribution in [2.45, 2.75) is 26.7 Å². The van der Waals surface area contributed by atoms with Crippen LogP contribution in [0.25, 0.3) is 0 Å². The van der Waals surface area contributed by atoms with Crippen molar-refractivity contribution in [1.82, 2.24) is 0 Å². The Morgan fingerprint density at radius 2 is 2.06 bits per heavy atom. The lowest BCUT2D eigenvalue weighted by Crippen LogP contribution is -1.96. The van der Waals surface area contributed by atoms with Crippen molar-refractivity contribution in [3.8, 4) is 17.6 Å². The van der Waals surface area contributed by atoms with E-state index >= 15 is 0 Å². The molecule has 0 saturated heterocycles. The lowest BCUT2D eigenvalue weighted by molar-refractivity contribution is 0.413. The van der Waals surface area contributed by atoms with Gasteiger partial charge in [-0.1, -0.05) is 17.9 Å². The molecular weight excluding hydrogens is 198 g/mol. The van der Waals surface area contributed by atoms with Crippen molar-refractivity contribution in [3.63, 3.8) is 0 Å². The fraction of sp³-hybridized carbons (Fsp3) is 0.429. The second kappa shape index (κ2) is 6.19. The molecule has 1 aromatic carbocycles. The largest absolute Gasteiger partial charge is 0.495 e. The number of ether oxygens (including phenoxy) is 1. The van der Waals surface area contributed by atoms with Gasteiger partial charge in [-0.15, -0.1) is 0 Å². The molecule has 0 unspecified atom stereocenters. The summed E-state index contributed by atoms with van der Waals surface area (Å²) in [5.74, 6) is 7.15. The Hall–Kier alpha value is -1.46. The second-order valence-corrected chi connectivity index (χ2v) is 3.85. The minimum Gasteiger partial charge on any atom is -0.495 e. The molecule has 0 heterocycles. The molecule has 0 radical (unpaired) electrons. The topological polar surface area (TPSA) is 35.2 Å². The maximum atomic E-state index is 5.42. The molecule has 1 rings (SSSR count). The number of nitrogens with two attached hydrogens (primary N) is 1. The van der Waals surface area contributed by atoms with E-state index < -0.39 is 0 Å². The van der Waals surface area contributed by atoms with Gasteiger partial charge in [-0.2, -0.15) is 0 Å². The van der Waals surface area contributed by atoms with Crippen LogP contribution in [-0.2, 0) is 0 Å². The van der Waals surface area contributed by atoms with Crippen LogP contribution in [0.15, 0.2) is 12.1 Å². The molecule has 2 heteroatoms. The summed E-state index contributed by atoms with van der Waals surface area (Å²) in [6, 6.07) is 4.13. The molecule has 86 valence electrons. The zero-order chi connectivity index (χ0) is 12.0. The number of rotatable bonds is 3. The third-order valence-electron chi connectivity index (χ3n) is 2.38. The van der Waals surface area contributed by atoms with Crippen molar-refractivity contribution in [1.29, 1.82) is 0 Å². The van der Waals surface area contributed by atoms with E-state index in [-0.39, 0.29) is 0 Å². The third kappa shape index (κ3) is 3.29. The first-order chi connectivity index (χ1) is 7.69. The molecule has 0 spiro atoms. The van der Waals surface area contributed by atoms with Crippen molar-refractivity contribution in [2.75, 3.05) is 13.7 Å². The average molecular weight is 217 g/mol. The van der Waals surface area contributed by atoms with Crippen LogP contribution >= 0.6 is 0 Å². The van der Waals surface area contributed by atoms with Gasteiger partial charge in [0, 0.05) is 6.42 Å². The van der Waals surface area contributed by atoms with Gasteiger partial charge in [0.2, 0.25) is 0 Å². The fourth-order valence-corrected chi connectivity index (χ4v) is 1.59. The van der Waals surface area contributed by atoms with Crippen molar-refractivity contribution < 1.29 is 4.74 Å². The molecule has 0 bridgehead atoms. The standard InChI is InChI=1S/C14H19NO/c1-11-9-12(2)13(14(10-11)16-3)7-5-4-6-8-15/h9-10H,4,6,8,15H2,1-3H3. The number of hydrogen-bond donors (Lipinski definition) is 1. The molecule has 2 nitrogen and oxygen atoms in total. The van der Waals surface area contributed by atoms with Gasteiger partial charge in [0.05, 0.1) is 12.7 Å². The van der Waals surface area contributed by atoms with Crippen molar-refractivity contribution in [3.05, 3.63) is 28.8 Å². The SMILES string of the molecule is COc1cc(C)cc(C)c1C#CCCCN. The molecule has 0 aliphatic rings. The van der Waals surface area contributed by atoms with E-state index in [0.29, 0.717) is 6.54 Å². The molecule has 0 aliphatic heterocycles. The molecule has 2 N–H and O–H groups in total. The van der Waals surface area contributed by atoms with Crippen LogP contribution in [0.1, 0.15) is 29.5 Å². The van der Waals surface area contributed by atoms with E-state index in [4.69, 9.17) is 10.5 Å². The molecule has 0 amide bonds. The van der Waals surface area contributed by atoms with Crippen LogP contribution in [0.4, 0.5) is 0 Å². The summed E-state index contributed by atoms with van der Waals surface area (Å²) in [5.41, 5.74) is 8.77. The predicted molar refractivity (Wildman–Crippen MR) is 67.6 cm³/mol. The zero-order valence-electron chi connectivity index (χ0n) is 10.3. The highest BCUT2D eigenvalue weighted by Crippen LogP contribution is 2.22. The Labute approximate surface area is 97.8 Å².